The topological polar surface area (TPSA) is 94.1 Å². The second kappa shape index (κ2) is 9.47. The first kappa shape index (κ1) is 24.7. The Kier molecular flexibility index (Phi) is 6.32. The molecule has 5 rings (SSSR count). The highest BCUT2D eigenvalue weighted by Gasteiger charge is 2.33. The minimum atomic E-state index is -4.50. The van der Waals surface area contributed by atoms with E-state index in [9.17, 15) is 21.6 Å². The first-order valence-corrected chi connectivity index (χ1v) is 12.8. The molecule has 190 valence electrons. The quantitative estimate of drug-likeness (QED) is 0.365. The van der Waals surface area contributed by atoms with Gasteiger partial charge in [0.2, 0.25) is 5.95 Å². The summed E-state index contributed by atoms with van der Waals surface area (Å²) in [5.74, 6) is -0.0365. The molecule has 2 aromatic carbocycles. The van der Waals surface area contributed by atoms with Crippen LogP contribution in [-0.4, -0.2) is 30.0 Å². The molecule has 1 aliphatic heterocycles. The molecule has 3 heterocycles. The molecule has 7 nitrogen and oxygen atoms in total. The van der Waals surface area contributed by atoms with Gasteiger partial charge in [-0.15, -0.1) is 0 Å². The van der Waals surface area contributed by atoms with Crippen molar-refractivity contribution in [3.8, 4) is 16.9 Å². The molecule has 11 heteroatoms. The predicted molar refractivity (Wildman–Crippen MR) is 131 cm³/mol. The fourth-order valence-corrected chi connectivity index (χ4v) is 5.28. The Morgan fingerprint density at radius 1 is 0.973 bits per heavy atom. The monoisotopic (exact) mass is 526 g/mol. The van der Waals surface area contributed by atoms with Crippen LogP contribution in [0.1, 0.15) is 34.7 Å². The molecule has 1 atom stereocenters. The molecule has 1 aliphatic rings. The molecule has 0 amide bonds. The zero-order chi connectivity index (χ0) is 26.2. The van der Waals surface area contributed by atoms with E-state index in [4.69, 9.17) is 4.74 Å². The number of benzene rings is 2. The number of nitrogens with one attached hydrogen (secondary N) is 1. The molecule has 0 fully saturated rings. The van der Waals surface area contributed by atoms with E-state index in [1.165, 1.54) is 30.6 Å². The summed E-state index contributed by atoms with van der Waals surface area (Å²) in [6, 6.07) is 13.2. The molecule has 0 radical (unpaired) electrons. The fourth-order valence-electron chi connectivity index (χ4n) is 4.30. The highest BCUT2D eigenvalue weighted by atomic mass is 32.2. The number of alkyl halides is 3. The summed E-state index contributed by atoms with van der Waals surface area (Å²) in [7, 11) is -3.99. The van der Waals surface area contributed by atoms with Gasteiger partial charge >= 0.3 is 6.18 Å². The molecule has 0 spiro atoms. The van der Waals surface area contributed by atoms with E-state index >= 15 is 0 Å². The largest absolute Gasteiger partial charge is 0.493 e. The van der Waals surface area contributed by atoms with Gasteiger partial charge in [0.25, 0.3) is 10.0 Å². The zero-order valence-corrected chi connectivity index (χ0v) is 20.3. The summed E-state index contributed by atoms with van der Waals surface area (Å²) in [5.41, 5.74) is 2.33. The summed E-state index contributed by atoms with van der Waals surface area (Å²) < 4.78 is 74.6. The van der Waals surface area contributed by atoms with E-state index in [1.807, 2.05) is 0 Å². The minimum absolute atomic E-state index is 0.0465. The maximum absolute atomic E-state index is 13.6. The number of hydrogen-bond acceptors (Lipinski definition) is 6. The van der Waals surface area contributed by atoms with Crippen LogP contribution >= 0.6 is 0 Å². The Morgan fingerprint density at radius 3 is 2.43 bits per heavy atom. The van der Waals surface area contributed by atoms with Crippen molar-refractivity contribution in [2.45, 2.75) is 30.3 Å². The van der Waals surface area contributed by atoms with Crippen molar-refractivity contribution in [1.82, 2.24) is 15.0 Å². The van der Waals surface area contributed by atoms with E-state index in [0.29, 0.717) is 34.4 Å². The van der Waals surface area contributed by atoms with Crippen molar-refractivity contribution >= 4 is 16.0 Å². The van der Waals surface area contributed by atoms with Gasteiger partial charge in [-0.05, 0) is 54.8 Å². The third-order valence-corrected chi connectivity index (χ3v) is 7.43. The Hall–Kier alpha value is -3.99. The summed E-state index contributed by atoms with van der Waals surface area (Å²) >= 11 is 0. The average molecular weight is 527 g/mol. The number of nitrogens with zero attached hydrogens (tertiary/aromatic N) is 3. The fraction of sp³-hybridized carbons (Fsp3) is 0.192. The number of hydrogen-bond donors (Lipinski definition) is 1. The van der Waals surface area contributed by atoms with Crippen molar-refractivity contribution in [3.63, 3.8) is 0 Å². The van der Waals surface area contributed by atoms with Gasteiger partial charge in [-0.1, -0.05) is 18.2 Å². The van der Waals surface area contributed by atoms with Crippen LogP contribution in [0.3, 0.4) is 0 Å². The van der Waals surface area contributed by atoms with Gasteiger partial charge in [-0.2, -0.15) is 13.2 Å². The van der Waals surface area contributed by atoms with Crippen molar-refractivity contribution < 1.29 is 26.3 Å². The van der Waals surface area contributed by atoms with E-state index in [-0.39, 0.29) is 23.4 Å². The normalized spacial score (nSPS) is 15.5. The van der Waals surface area contributed by atoms with Crippen molar-refractivity contribution in [1.29, 1.82) is 0 Å². The highest BCUT2D eigenvalue weighted by molar-refractivity contribution is 7.92. The number of ether oxygens (including phenoxy) is 1. The Balaban J connectivity index is 1.56. The molecule has 37 heavy (non-hydrogen) atoms. The molecular weight excluding hydrogens is 505 g/mol. The van der Waals surface area contributed by atoms with Crippen LogP contribution in [0.5, 0.6) is 5.75 Å². The first-order chi connectivity index (χ1) is 17.6. The summed E-state index contributed by atoms with van der Waals surface area (Å²) in [4.78, 5) is 12.0. The maximum Gasteiger partial charge on any atom is 0.416 e. The molecule has 0 bridgehead atoms. The number of rotatable bonds is 5. The van der Waals surface area contributed by atoms with Crippen LogP contribution in [0.25, 0.3) is 11.1 Å². The van der Waals surface area contributed by atoms with Gasteiger partial charge in [0, 0.05) is 47.4 Å². The summed E-state index contributed by atoms with van der Waals surface area (Å²) in [5, 5.41) is 0. The number of anilines is 1. The predicted octanol–water partition coefficient (Wildman–Crippen LogP) is 5.58. The van der Waals surface area contributed by atoms with Crippen LogP contribution in [0.15, 0.2) is 78.1 Å². The number of aromatic nitrogens is 3. The third kappa shape index (κ3) is 5.12. The number of fused-ring (bicyclic) bond motifs is 1. The van der Waals surface area contributed by atoms with Crippen LogP contribution < -0.4 is 9.46 Å². The SMILES string of the molecule is Cc1ccc(-c2cc(C(F)(F)F)ccc2[C@H]2CCOc3cc(S(=O)(=O)Nc4ncccn4)ccc32)cn1. The third-order valence-electron chi connectivity index (χ3n) is 6.10. The lowest BCUT2D eigenvalue weighted by atomic mass is 9.82. The Labute approximate surface area is 211 Å². The van der Waals surface area contributed by atoms with Crippen LogP contribution in [0.4, 0.5) is 19.1 Å². The van der Waals surface area contributed by atoms with Crippen LogP contribution in [0.2, 0.25) is 0 Å². The van der Waals surface area contributed by atoms with E-state index in [1.54, 1.807) is 37.4 Å². The first-order valence-electron chi connectivity index (χ1n) is 11.3. The molecule has 0 saturated carbocycles. The molecule has 0 unspecified atom stereocenters. The number of aryl methyl sites for hydroxylation is 1. The lowest BCUT2D eigenvalue weighted by Crippen LogP contribution is -2.19. The van der Waals surface area contributed by atoms with E-state index < -0.39 is 21.8 Å². The van der Waals surface area contributed by atoms with Crippen molar-refractivity contribution in [3.05, 3.63) is 95.6 Å². The molecule has 0 saturated heterocycles. The van der Waals surface area contributed by atoms with E-state index in [0.717, 1.165) is 17.8 Å². The second-order valence-electron chi connectivity index (χ2n) is 8.56. The molecule has 1 N–H and O–H groups in total. The number of sulfonamides is 1. The lowest BCUT2D eigenvalue weighted by molar-refractivity contribution is -0.137. The molecule has 0 aliphatic carbocycles. The maximum atomic E-state index is 13.6. The van der Waals surface area contributed by atoms with Crippen LogP contribution in [0, 0.1) is 6.92 Å². The van der Waals surface area contributed by atoms with Gasteiger partial charge in [0.15, 0.2) is 0 Å². The Bertz CT molecular complexity index is 1540. The molecule has 2 aromatic heterocycles. The molecular formula is C26H21F3N4O3S. The Morgan fingerprint density at radius 2 is 1.73 bits per heavy atom. The smallest absolute Gasteiger partial charge is 0.416 e. The zero-order valence-electron chi connectivity index (χ0n) is 19.5. The minimum Gasteiger partial charge on any atom is -0.493 e. The summed E-state index contributed by atoms with van der Waals surface area (Å²) in [6.07, 6.45) is 0.388. The highest BCUT2D eigenvalue weighted by Crippen LogP contribution is 2.44. The van der Waals surface area contributed by atoms with Gasteiger partial charge < -0.3 is 4.74 Å². The van der Waals surface area contributed by atoms with E-state index in [2.05, 4.69) is 19.7 Å². The van der Waals surface area contributed by atoms with Gasteiger partial charge in [0.1, 0.15) is 5.75 Å². The number of halogens is 3. The lowest BCUT2D eigenvalue weighted by Gasteiger charge is -2.29. The summed E-state index contributed by atoms with van der Waals surface area (Å²) in [6.45, 7) is 2.07. The van der Waals surface area contributed by atoms with Gasteiger partial charge in [-0.3, -0.25) is 4.98 Å². The molecule has 4 aromatic rings. The van der Waals surface area contributed by atoms with Gasteiger partial charge in [-0.25, -0.2) is 23.1 Å². The van der Waals surface area contributed by atoms with Crippen LogP contribution in [-0.2, 0) is 16.2 Å². The average Bonchev–Trinajstić information content (AvgIpc) is 2.88. The second-order valence-corrected chi connectivity index (χ2v) is 10.2. The van der Waals surface area contributed by atoms with Gasteiger partial charge in [0.05, 0.1) is 17.1 Å². The number of pyridine rings is 1. The standard InChI is InChI=1S/C26H21F3N4O3S/c1-16-3-4-17(15-32-16)23-13-18(26(27,28)29)5-7-20(23)21-9-12-36-24-14-19(6-8-22(21)24)37(34,35)33-25-30-10-2-11-31-25/h2-8,10-11,13-15,21H,9,12H2,1H3,(H,30,31,33)/t21-/m1/s1. The van der Waals surface area contributed by atoms with Crippen molar-refractivity contribution in [2.75, 3.05) is 11.3 Å². The van der Waals surface area contributed by atoms with Crippen molar-refractivity contribution in [2.24, 2.45) is 0 Å².